The van der Waals surface area contributed by atoms with Gasteiger partial charge in [-0.05, 0) is 70.9 Å². The van der Waals surface area contributed by atoms with E-state index >= 15 is 0 Å². The molecule has 0 spiro atoms. The lowest BCUT2D eigenvalue weighted by Crippen LogP contribution is -2.25. The number of rotatable bonds is 6. The van der Waals surface area contributed by atoms with Crippen LogP contribution in [-0.2, 0) is 6.42 Å². The molecule has 0 fully saturated rings. The second-order valence-corrected chi connectivity index (χ2v) is 7.06. The smallest absolute Gasteiger partial charge is 0.0374 e. The Morgan fingerprint density at radius 1 is 1.20 bits per heavy atom. The second kappa shape index (κ2) is 7.39. The topological polar surface area (TPSA) is 12.0 Å². The third-order valence-corrected chi connectivity index (χ3v) is 5.56. The summed E-state index contributed by atoms with van der Waals surface area (Å²) >= 11 is 5.49. The quantitative estimate of drug-likeness (QED) is 0.733. The van der Waals surface area contributed by atoms with Gasteiger partial charge in [-0.2, -0.15) is 0 Å². The van der Waals surface area contributed by atoms with Crippen LogP contribution in [0.3, 0.4) is 0 Å². The van der Waals surface area contributed by atoms with Crippen molar-refractivity contribution in [3.8, 4) is 0 Å². The van der Waals surface area contributed by atoms with Gasteiger partial charge in [-0.25, -0.2) is 0 Å². The molecule has 0 aliphatic carbocycles. The minimum Gasteiger partial charge on any atom is -0.310 e. The number of thiophene rings is 1. The Balaban J connectivity index is 2.30. The average molecular weight is 352 g/mol. The fraction of sp³-hybridized carbons (Fsp3) is 0.412. The monoisotopic (exact) mass is 351 g/mol. The molecule has 1 nitrogen and oxygen atoms in total. The summed E-state index contributed by atoms with van der Waals surface area (Å²) in [7, 11) is 0. The van der Waals surface area contributed by atoms with Crippen molar-refractivity contribution in [2.75, 3.05) is 6.54 Å². The molecule has 2 rings (SSSR count). The molecule has 20 heavy (non-hydrogen) atoms. The van der Waals surface area contributed by atoms with Crippen LogP contribution in [0.4, 0.5) is 0 Å². The highest BCUT2D eigenvalue weighted by Gasteiger charge is 2.17. The Morgan fingerprint density at radius 3 is 2.45 bits per heavy atom. The first-order chi connectivity index (χ1) is 9.63. The third kappa shape index (κ3) is 3.72. The molecule has 0 amide bonds. The van der Waals surface area contributed by atoms with Gasteiger partial charge in [-0.15, -0.1) is 11.3 Å². The van der Waals surface area contributed by atoms with Crippen LogP contribution in [0.25, 0.3) is 0 Å². The molecule has 0 radical (unpaired) electrons. The molecule has 0 saturated heterocycles. The van der Waals surface area contributed by atoms with Gasteiger partial charge in [0.15, 0.2) is 0 Å². The minimum atomic E-state index is 0.395. The van der Waals surface area contributed by atoms with Crippen molar-refractivity contribution in [1.29, 1.82) is 0 Å². The highest BCUT2D eigenvalue weighted by molar-refractivity contribution is 9.10. The fourth-order valence-corrected chi connectivity index (χ4v) is 4.19. The molecule has 2 aromatic rings. The van der Waals surface area contributed by atoms with Crippen LogP contribution < -0.4 is 5.32 Å². The van der Waals surface area contributed by atoms with Crippen molar-refractivity contribution >= 4 is 27.3 Å². The van der Waals surface area contributed by atoms with Crippen molar-refractivity contribution in [2.45, 2.75) is 39.7 Å². The zero-order valence-electron chi connectivity index (χ0n) is 12.4. The first-order valence-electron chi connectivity index (χ1n) is 7.14. The third-order valence-electron chi connectivity index (χ3n) is 3.61. The fourth-order valence-electron chi connectivity index (χ4n) is 2.63. The lowest BCUT2D eigenvalue weighted by molar-refractivity contribution is 0.527. The van der Waals surface area contributed by atoms with E-state index in [4.69, 9.17) is 0 Å². The molecule has 3 heteroatoms. The zero-order valence-corrected chi connectivity index (χ0v) is 14.8. The molecule has 0 bridgehead atoms. The predicted octanol–water partition coefficient (Wildman–Crippen LogP) is 5.41. The maximum atomic E-state index is 3.72. The molecule has 1 N–H and O–H groups in total. The summed E-state index contributed by atoms with van der Waals surface area (Å²) in [6, 6.07) is 9.11. The lowest BCUT2D eigenvalue weighted by Gasteiger charge is -2.23. The van der Waals surface area contributed by atoms with Gasteiger partial charge in [0.05, 0.1) is 0 Å². The van der Waals surface area contributed by atoms with Crippen molar-refractivity contribution in [1.82, 2.24) is 5.32 Å². The van der Waals surface area contributed by atoms with Crippen LogP contribution >= 0.6 is 27.3 Å². The molecule has 0 aliphatic rings. The lowest BCUT2D eigenvalue weighted by atomic mass is 9.93. The van der Waals surface area contributed by atoms with E-state index in [2.05, 4.69) is 71.7 Å². The Labute approximate surface area is 134 Å². The summed E-state index contributed by atoms with van der Waals surface area (Å²) in [6.07, 6.45) is 2.21. The predicted molar refractivity (Wildman–Crippen MR) is 92.7 cm³/mol. The maximum Gasteiger partial charge on any atom is 0.0374 e. The minimum absolute atomic E-state index is 0.395. The van der Waals surface area contributed by atoms with Gasteiger partial charge in [0, 0.05) is 21.8 Å². The van der Waals surface area contributed by atoms with Crippen molar-refractivity contribution in [2.24, 2.45) is 0 Å². The van der Waals surface area contributed by atoms with E-state index in [0.29, 0.717) is 6.04 Å². The molecular weight excluding hydrogens is 330 g/mol. The Bertz CT molecular complexity index is 542. The molecule has 1 atom stereocenters. The summed E-state index contributed by atoms with van der Waals surface area (Å²) in [5, 5.41) is 5.87. The molecule has 1 unspecified atom stereocenters. The normalized spacial score (nSPS) is 12.6. The number of halogens is 1. The van der Waals surface area contributed by atoms with Crippen molar-refractivity contribution < 1.29 is 0 Å². The standard InChI is InChI=1S/C17H22BrNS/c1-4-9-19-15(11-16-14(18)8-10-20-16)17-12(2)6-5-7-13(17)3/h5-8,10,15,19H,4,9,11H2,1-3H3. The SMILES string of the molecule is CCCNC(Cc1sccc1Br)c1c(C)cccc1C. The largest absolute Gasteiger partial charge is 0.310 e. The highest BCUT2D eigenvalue weighted by Crippen LogP contribution is 2.30. The Kier molecular flexibility index (Phi) is 5.82. The zero-order chi connectivity index (χ0) is 14.5. The summed E-state index contributed by atoms with van der Waals surface area (Å²) < 4.78 is 1.23. The highest BCUT2D eigenvalue weighted by atomic mass is 79.9. The van der Waals surface area contributed by atoms with E-state index in [1.165, 1.54) is 26.0 Å². The molecule has 1 aromatic heterocycles. The number of benzene rings is 1. The van der Waals surface area contributed by atoms with Gasteiger partial charge in [0.25, 0.3) is 0 Å². The summed E-state index contributed by atoms with van der Waals surface area (Å²) in [4.78, 5) is 1.42. The second-order valence-electron chi connectivity index (χ2n) is 5.21. The van der Waals surface area contributed by atoms with Crippen molar-refractivity contribution in [3.05, 3.63) is 55.7 Å². The molecular formula is C17H22BrNS. The summed E-state index contributed by atoms with van der Waals surface area (Å²) in [6.45, 7) is 7.70. The van der Waals surface area contributed by atoms with Gasteiger partial charge in [0.2, 0.25) is 0 Å². The van der Waals surface area contributed by atoms with E-state index < -0.39 is 0 Å². The molecule has 0 saturated carbocycles. The first-order valence-corrected chi connectivity index (χ1v) is 8.82. The van der Waals surface area contributed by atoms with Gasteiger partial charge < -0.3 is 5.32 Å². The van der Waals surface area contributed by atoms with Gasteiger partial charge >= 0.3 is 0 Å². The van der Waals surface area contributed by atoms with E-state index in [1.807, 2.05) is 11.3 Å². The number of hydrogen-bond acceptors (Lipinski definition) is 2. The number of hydrogen-bond donors (Lipinski definition) is 1. The molecule has 1 heterocycles. The van der Waals surface area contributed by atoms with Crippen LogP contribution in [0.2, 0.25) is 0 Å². The van der Waals surface area contributed by atoms with Gasteiger partial charge in [-0.1, -0.05) is 25.1 Å². The van der Waals surface area contributed by atoms with Crippen LogP contribution in [0.15, 0.2) is 34.1 Å². The van der Waals surface area contributed by atoms with Crippen LogP contribution in [-0.4, -0.2) is 6.54 Å². The van der Waals surface area contributed by atoms with E-state index in [1.54, 1.807) is 0 Å². The van der Waals surface area contributed by atoms with E-state index in [-0.39, 0.29) is 0 Å². The molecule has 1 aromatic carbocycles. The average Bonchev–Trinajstić information content (AvgIpc) is 2.81. The first kappa shape index (κ1) is 15.7. The number of nitrogens with one attached hydrogen (secondary N) is 1. The van der Waals surface area contributed by atoms with Gasteiger partial charge in [-0.3, -0.25) is 0 Å². The maximum absolute atomic E-state index is 3.72. The summed E-state index contributed by atoms with van der Waals surface area (Å²) in [5.41, 5.74) is 4.22. The van der Waals surface area contributed by atoms with Crippen LogP contribution in [0.5, 0.6) is 0 Å². The molecule has 108 valence electrons. The summed E-state index contributed by atoms with van der Waals surface area (Å²) in [5.74, 6) is 0. The van der Waals surface area contributed by atoms with Gasteiger partial charge in [0.1, 0.15) is 0 Å². The molecule has 0 aliphatic heterocycles. The van der Waals surface area contributed by atoms with Crippen LogP contribution in [0.1, 0.15) is 41.0 Å². The van der Waals surface area contributed by atoms with Crippen LogP contribution in [0, 0.1) is 13.8 Å². The Hall–Kier alpha value is -0.640. The van der Waals surface area contributed by atoms with Crippen molar-refractivity contribution in [3.63, 3.8) is 0 Å². The number of aryl methyl sites for hydroxylation is 2. The van der Waals surface area contributed by atoms with E-state index in [9.17, 15) is 0 Å². The Morgan fingerprint density at radius 2 is 1.90 bits per heavy atom. The van der Waals surface area contributed by atoms with E-state index in [0.717, 1.165) is 19.4 Å².